The van der Waals surface area contributed by atoms with E-state index in [1.54, 1.807) is 5.56 Å². The number of aromatic nitrogens is 2. The van der Waals surface area contributed by atoms with Crippen LogP contribution in [0.15, 0.2) is 36.5 Å². The number of benzene rings is 1. The van der Waals surface area contributed by atoms with Crippen molar-refractivity contribution in [2.45, 2.75) is 51.6 Å². The van der Waals surface area contributed by atoms with Crippen LogP contribution < -0.4 is 0 Å². The van der Waals surface area contributed by atoms with Crippen molar-refractivity contribution in [1.29, 1.82) is 0 Å². The Labute approximate surface area is 161 Å². The van der Waals surface area contributed by atoms with Gasteiger partial charge in [0.15, 0.2) is 0 Å². The highest BCUT2D eigenvalue weighted by molar-refractivity contribution is 5.90. The second-order valence-electron chi connectivity index (χ2n) is 8.27. The molecule has 3 aromatic rings. The second-order valence-corrected chi connectivity index (χ2v) is 8.27. The monoisotopic (exact) mass is 357 g/mol. The number of aryl methyl sites for hydroxylation is 2. The van der Waals surface area contributed by atoms with Crippen molar-refractivity contribution in [2.75, 3.05) is 7.05 Å². The third-order valence-electron chi connectivity index (χ3n) is 6.50. The predicted molar refractivity (Wildman–Crippen MR) is 113 cm³/mol. The summed E-state index contributed by atoms with van der Waals surface area (Å²) in [6.07, 6.45) is 11.5. The zero-order valence-electron chi connectivity index (χ0n) is 16.4. The van der Waals surface area contributed by atoms with Gasteiger partial charge in [-0.3, -0.25) is 9.88 Å². The summed E-state index contributed by atoms with van der Waals surface area (Å²) in [5.74, 6) is 0. The molecule has 2 bridgehead atoms. The van der Waals surface area contributed by atoms with Crippen LogP contribution in [0.2, 0.25) is 0 Å². The summed E-state index contributed by atoms with van der Waals surface area (Å²) in [4.78, 5) is 7.06. The predicted octanol–water partition coefficient (Wildman–Crippen LogP) is 5.36. The van der Waals surface area contributed by atoms with Crippen LogP contribution in [-0.2, 0) is 6.42 Å². The summed E-state index contributed by atoms with van der Waals surface area (Å²) in [6.45, 7) is 4.23. The van der Waals surface area contributed by atoms with Crippen LogP contribution in [-0.4, -0.2) is 27.5 Å². The summed E-state index contributed by atoms with van der Waals surface area (Å²) in [5.41, 5.74) is 7.97. The molecule has 0 spiro atoms. The van der Waals surface area contributed by atoms with Gasteiger partial charge in [-0.1, -0.05) is 17.7 Å². The Bertz CT molecular complexity index is 1030. The molecule has 2 atom stereocenters. The molecule has 2 aliphatic rings. The van der Waals surface area contributed by atoms with Gasteiger partial charge in [-0.05, 0) is 75.6 Å². The van der Waals surface area contributed by atoms with Crippen LogP contribution in [0.4, 0.5) is 0 Å². The summed E-state index contributed by atoms with van der Waals surface area (Å²) < 4.78 is 2.45. The molecular weight excluding hydrogens is 330 g/mol. The maximum atomic E-state index is 4.43. The maximum Gasteiger partial charge on any atom is 0.0529 e. The van der Waals surface area contributed by atoms with Crippen molar-refractivity contribution < 1.29 is 0 Å². The fraction of sp³-hybridized carbons (Fsp3) is 0.375. The Hall–Kier alpha value is -2.39. The second kappa shape index (κ2) is 6.35. The van der Waals surface area contributed by atoms with E-state index in [-0.39, 0.29) is 0 Å². The quantitative estimate of drug-likeness (QED) is 0.615. The third-order valence-corrected chi connectivity index (χ3v) is 6.50. The molecule has 4 heterocycles. The third kappa shape index (κ3) is 2.72. The SMILES string of the molecule is Cc1ccc2c(c1)c1c(n2/C=C/c2ccc(C)nc2)CC2CCCC1N2C. The molecular formula is C24H27N3. The van der Waals surface area contributed by atoms with Gasteiger partial charge < -0.3 is 4.57 Å². The minimum Gasteiger partial charge on any atom is -0.320 e. The molecule has 0 N–H and O–H groups in total. The van der Waals surface area contributed by atoms with Gasteiger partial charge in [0.25, 0.3) is 0 Å². The first-order chi connectivity index (χ1) is 13.1. The lowest BCUT2D eigenvalue weighted by Crippen LogP contribution is -2.44. The lowest BCUT2D eigenvalue weighted by Gasteiger charge is -2.44. The van der Waals surface area contributed by atoms with Crippen molar-refractivity contribution in [2.24, 2.45) is 0 Å². The van der Waals surface area contributed by atoms with E-state index < -0.39 is 0 Å². The molecule has 3 heteroatoms. The molecule has 0 amide bonds. The average molecular weight is 358 g/mol. The minimum atomic E-state index is 0.562. The van der Waals surface area contributed by atoms with E-state index in [0.717, 1.165) is 17.7 Å². The van der Waals surface area contributed by atoms with E-state index in [2.05, 4.69) is 71.0 Å². The number of pyridine rings is 1. The zero-order valence-corrected chi connectivity index (χ0v) is 16.4. The van der Waals surface area contributed by atoms with Gasteiger partial charge in [-0.25, -0.2) is 0 Å². The van der Waals surface area contributed by atoms with Crippen LogP contribution in [0, 0.1) is 13.8 Å². The van der Waals surface area contributed by atoms with Gasteiger partial charge in [0.1, 0.15) is 0 Å². The first-order valence-electron chi connectivity index (χ1n) is 10.1. The molecule has 0 aliphatic carbocycles. The fourth-order valence-corrected chi connectivity index (χ4v) is 5.02. The van der Waals surface area contributed by atoms with Crippen LogP contribution in [0.5, 0.6) is 0 Å². The largest absolute Gasteiger partial charge is 0.320 e. The van der Waals surface area contributed by atoms with Gasteiger partial charge in [0.2, 0.25) is 0 Å². The Kier molecular flexibility index (Phi) is 3.94. The Morgan fingerprint density at radius 3 is 2.81 bits per heavy atom. The highest BCUT2D eigenvalue weighted by Gasteiger charge is 2.38. The van der Waals surface area contributed by atoms with Crippen LogP contribution >= 0.6 is 0 Å². The van der Waals surface area contributed by atoms with Gasteiger partial charge in [-0.2, -0.15) is 0 Å². The van der Waals surface area contributed by atoms with Gasteiger partial charge in [0, 0.05) is 47.7 Å². The summed E-state index contributed by atoms with van der Waals surface area (Å²) in [6, 6.07) is 12.4. The molecule has 138 valence electrons. The molecule has 1 fully saturated rings. The van der Waals surface area contributed by atoms with Crippen molar-refractivity contribution in [3.8, 4) is 0 Å². The molecule has 5 rings (SSSR count). The van der Waals surface area contributed by atoms with E-state index in [9.17, 15) is 0 Å². The van der Waals surface area contributed by atoms with E-state index in [1.807, 2.05) is 13.1 Å². The molecule has 2 aliphatic heterocycles. The van der Waals surface area contributed by atoms with Gasteiger partial charge in [-0.15, -0.1) is 0 Å². The molecule has 1 aromatic carbocycles. The van der Waals surface area contributed by atoms with Crippen LogP contribution in [0.1, 0.15) is 53.4 Å². The smallest absolute Gasteiger partial charge is 0.0529 e. The highest BCUT2D eigenvalue weighted by atomic mass is 15.2. The fourth-order valence-electron chi connectivity index (χ4n) is 5.02. The molecule has 0 radical (unpaired) electrons. The molecule has 0 saturated carbocycles. The lowest BCUT2D eigenvalue weighted by atomic mass is 9.82. The van der Waals surface area contributed by atoms with Crippen LogP contribution in [0.3, 0.4) is 0 Å². The van der Waals surface area contributed by atoms with Crippen molar-refractivity contribution in [3.63, 3.8) is 0 Å². The number of rotatable bonds is 2. The standard InChI is InChI=1S/C24H27N3/c1-16-7-10-21-20(13-16)24-22-6-4-5-19(26(22)3)14-23(24)27(21)12-11-18-9-8-17(2)25-15-18/h7-13,15,19,22H,4-6,14H2,1-3H3/b12-11+. The molecule has 27 heavy (non-hydrogen) atoms. The number of fused-ring (bicyclic) bond motifs is 6. The normalized spacial score (nSPS) is 22.5. The van der Waals surface area contributed by atoms with Crippen molar-refractivity contribution in [1.82, 2.24) is 14.5 Å². The number of nitrogens with zero attached hydrogens (tertiary/aromatic N) is 3. The molecule has 1 saturated heterocycles. The first kappa shape index (κ1) is 16.8. The van der Waals surface area contributed by atoms with E-state index >= 15 is 0 Å². The summed E-state index contributed by atoms with van der Waals surface area (Å²) in [7, 11) is 2.32. The Morgan fingerprint density at radius 2 is 2.00 bits per heavy atom. The van der Waals surface area contributed by atoms with Crippen molar-refractivity contribution in [3.05, 3.63) is 64.6 Å². The Morgan fingerprint density at radius 1 is 1.11 bits per heavy atom. The molecule has 2 aromatic heterocycles. The average Bonchev–Trinajstić information content (AvgIpc) is 2.93. The highest BCUT2D eigenvalue weighted by Crippen LogP contribution is 2.45. The lowest BCUT2D eigenvalue weighted by molar-refractivity contribution is 0.0997. The number of likely N-dealkylation sites (N-methyl/N-ethyl adjacent to an activating group) is 1. The van der Waals surface area contributed by atoms with E-state index in [1.165, 1.54) is 41.4 Å². The van der Waals surface area contributed by atoms with Crippen LogP contribution in [0.25, 0.3) is 23.2 Å². The zero-order chi connectivity index (χ0) is 18.5. The van der Waals surface area contributed by atoms with E-state index in [4.69, 9.17) is 0 Å². The van der Waals surface area contributed by atoms with Crippen molar-refractivity contribution >= 4 is 23.2 Å². The maximum absolute atomic E-state index is 4.43. The van der Waals surface area contributed by atoms with E-state index in [0.29, 0.717) is 12.1 Å². The molecule has 2 unspecified atom stereocenters. The molecule has 3 nitrogen and oxygen atoms in total. The number of piperidine rings is 1. The topological polar surface area (TPSA) is 21.1 Å². The first-order valence-corrected chi connectivity index (χ1v) is 10.1. The Balaban J connectivity index is 1.68. The summed E-state index contributed by atoms with van der Waals surface area (Å²) >= 11 is 0. The van der Waals surface area contributed by atoms with Gasteiger partial charge in [0.05, 0.1) is 5.52 Å². The number of hydrogen-bond acceptors (Lipinski definition) is 2. The summed E-state index contributed by atoms with van der Waals surface area (Å²) in [5, 5.41) is 1.44. The number of hydrogen-bond donors (Lipinski definition) is 0. The van der Waals surface area contributed by atoms with Gasteiger partial charge >= 0.3 is 0 Å². The minimum absolute atomic E-state index is 0.562.